The molecule has 1 aliphatic carbocycles. The van der Waals surface area contributed by atoms with Crippen molar-refractivity contribution in [3.63, 3.8) is 0 Å². The first-order valence-electron chi connectivity index (χ1n) is 9.73. The summed E-state index contributed by atoms with van der Waals surface area (Å²) in [7, 11) is 0. The Balaban J connectivity index is 1.22. The number of hydrogen-bond acceptors (Lipinski definition) is 4. The molecule has 4 rings (SSSR count). The van der Waals surface area contributed by atoms with E-state index in [1.807, 2.05) is 35.2 Å². The molecule has 2 heterocycles. The predicted octanol–water partition coefficient (Wildman–Crippen LogP) is 1.16. The molecule has 1 spiro atoms. The number of piperazine rings is 1. The first-order chi connectivity index (χ1) is 12.7. The average Bonchev–Trinajstić information content (AvgIpc) is 3.36. The molecule has 6 heteroatoms. The number of rotatable bonds is 4. The number of nitrogens with zero attached hydrogens (tertiary/aromatic N) is 2. The summed E-state index contributed by atoms with van der Waals surface area (Å²) in [5.41, 5.74) is 1.13. The van der Waals surface area contributed by atoms with Crippen LogP contribution in [0.15, 0.2) is 30.3 Å². The molecule has 2 saturated heterocycles. The van der Waals surface area contributed by atoms with Crippen molar-refractivity contribution in [3.05, 3.63) is 30.3 Å². The third-order valence-corrected chi connectivity index (χ3v) is 6.20. The molecule has 0 bridgehead atoms. The van der Waals surface area contributed by atoms with Crippen molar-refractivity contribution in [2.75, 3.05) is 51.1 Å². The molecule has 0 radical (unpaired) electrons. The van der Waals surface area contributed by atoms with Crippen molar-refractivity contribution in [2.45, 2.75) is 19.3 Å². The van der Waals surface area contributed by atoms with Gasteiger partial charge in [-0.2, -0.15) is 0 Å². The van der Waals surface area contributed by atoms with Crippen LogP contribution in [0.4, 0.5) is 5.69 Å². The van der Waals surface area contributed by atoms with Crippen molar-refractivity contribution < 1.29 is 9.59 Å². The molecule has 2 N–H and O–H groups in total. The van der Waals surface area contributed by atoms with E-state index >= 15 is 0 Å². The summed E-state index contributed by atoms with van der Waals surface area (Å²) in [5, 5.41) is 6.31. The van der Waals surface area contributed by atoms with Crippen molar-refractivity contribution in [1.82, 2.24) is 15.1 Å². The lowest BCUT2D eigenvalue weighted by Crippen LogP contribution is -2.51. The van der Waals surface area contributed by atoms with Crippen LogP contribution < -0.4 is 10.6 Å². The highest BCUT2D eigenvalue weighted by atomic mass is 16.2. The lowest BCUT2D eigenvalue weighted by Gasteiger charge is -2.35. The maximum Gasteiger partial charge on any atom is 0.238 e. The van der Waals surface area contributed by atoms with Gasteiger partial charge in [-0.25, -0.2) is 0 Å². The molecule has 2 amide bonds. The Kier molecular flexibility index (Phi) is 4.96. The third-order valence-electron chi connectivity index (χ3n) is 6.20. The second-order valence-corrected chi connectivity index (χ2v) is 7.88. The van der Waals surface area contributed by atoms with E-state index in [1.165, 1.54) is 0 Å². The summed E-state index contributed by atoms with van der Waals surface area (Å²) in [4.78, 5) is 29.1. The molecular weight excluding hydrogens is 328 g/mol. The van der Waals surface area contributed by atoms with Crippen LogP contribution in [0.2, 0.25) is 0 Å². The fraction of sp³-hybridized carbons (Fsp3) is 0.600. The van der Waals surface area contributed by atoms with E-state index in [0.717, 1.165) is 64.2 Å². The Morgan fingerprint density at radius 3 is 2.46 bits per heavy atom. The highest BCUT2D eigenvalue weighted by Gasteiger charge is 2.58. The van der Waals surface area contributed by atoms with Gasteiger partial charge in [0.05, 0.1) is 6.54 Å². The van der Waals surface area contributed by atoms with Gasteiger partial charge in [0.2, 0.25) is 11.8 Å². The van der Waals surface area contributed by atoms with E-state index in [-0.39, 0.29) is 11.8 Å². The molecule has 26 heavy (non-hydrogen) atoms. The van der Waals surface area contributed by atoms with Gasteiger partial charge in [-0.1, -0.05) is 18.2 Å². The second kappa shape index (κ2) is 7.37. The minimum absolute atomic E-state index is 0.00632. The maximum absolute atomic E-state index is 12.8. The zero-order valence-corrected chi connectivity index (χ0v) is 15.2. The molecule has 1 saturated carbocycles. The summed E-state index contributed by atoms with van der Waals surface area (Å²) in [5.74, 6) is 0.602. The van der Waals surface area contributed by atoms with Crippen LogP contribution in [0.3, 0.4) is 0 Å². The van der Waals surface area contributed by atoms with Gasteiger partial charge in [0.1, 0.15) is 0 Å². The Hall–Kier alpha value is -1.92. The molecule has 1 aromatic rings. The van der Waals surface area contributed by atoms with E-state index in [9.17, 15) is 9.59 Å². The molecule has 3 fully saturated rings. The number of carbonyl (C=O) groups is 2. The van der Waals surface area contributed by atoms with Gasteiger partial charge < -0.3 is 15.5 Å². The van der Waals surface area contributed by atoms with Crippen LogP contribution >= 0.6 is 0 Å². The smallest absolute Gasteiger partial charge is 0.238 e. The number of hydrogen-bond donors (Lipinski definition) is 2. The zero-order valence-electron chi connectivity index (χ0n) is 15.2. The fourth-order valence-electron chi connectivity index (χ4n) is 4.45. The summed E-state index contributed by atoms with van der Waals surface area (Å²) in [6.07, 6.45) is 3.36. The molecule has 0 aromatic heterocycles. The van der Waals surface area contributed by atoms with Gasteiger partial charge in [-0.05, 0) is 49.9 Å². The van der Waals surface area contributed by atoms with E-state index in [1.54, 1.807) is 0 Å². The summed E-state index contributed by atoms with van der Waals surface area (Å²) in [6.45, 7) is 5.51. The zero-order chi connectivity index (χ0) is 18.0. The number of amides is 2. The first kappa shape index (κ1) is 17.5. The minimum atomic E-state index is 0.00632. The molecule has 3 aliphatic rings. The molecule has 1 aromatic carbocycles. The van der Waals surface area contributed by atoms with Gasteiger partial charge >= 0.3 is 0 Å². The topological polar surface area (TPSA) is 64.7 Å². The second-order valence-electron chi connectivity index (χ2n) is 7.88. The largest absolute Gasteiger partial charge is 0.340 e. The number of para-hydroxylation sites is 1. The van der Waals surface area contributed by atoms with E-state index in [0.29, 0.717) is 17.9 Å². The van der Waals surface area contributed by atoms with Crippen LogP contribution in [0.1, 0.15) is 19.3 Å². The van der Waals surface area contributed by atoms with Crippen LogP contribution in [0, 0.1) is 11.3 Å². The average molecular weight is 356 g/mol. The maximum atomic E-state index is 12.8. The SMILES string of the molecule is O=C(CN1CCN(C(=O)C2CC23CCNCC3)CC1)Nc1ccccc1. The van der Waals surface area contributed by atoms with Gasteiger partial charge in [-0.15, -0.1) is 0 Å². The molecular formula is C20H28N4O2. The Morgan fingerprint density at radius 1 is 1.08 bits per heavy atom. The van der Waals surface area contributed by atoms with Crippen LogP contribution in [0.25, 0.3) is 0 Å². The van der Waals surface area contributed by atoms with Gasteiger partial charge in [0.15, 0.2) is 0 Å². The third kappa shape index (κ3) is 3.76. The monoisotopic (exact) mass is 356 g/mol. The molecule has 6 nitrogen and oxygen atoms in total. The van der Waals surface area contributed by atoms with Crippen molar-refractivity contribution in [2.24, 2.45) is 11.3 Å². The summed E-state index contributed by atoms with van der Waals surface area (Å²) in [6, 6.07) is 9.53. The first-order valence-corrected chi connectivity index (χ1v) is 9.73. The quantitative estimate of drug-likeness (QED) is 0.850. The highest BCUT2D eigenvalue weighted by molar-refractivity contribution is 5.92. The standard InChI is InChI=1S/C20H28N4O2/c25-18(22-16-4-2-1-3-5-16)15-23-10-12-24(13-11-23)19(26)17-14-20(17)6-8-21-9-7-20/h1-5,17,21H,6-15H2,(H,22,25). The normalized spacial score (nSPS) is 25.1. The predicted molar refractivity (Wildman–Crippen MR) is 101 cm³/mol. The number of nitrogens with one attached hydrogen (secondary N) is 2. The number of anilines is 1. The van der Waals surface area contributed by atoms with Gasteiger partial charge in [0.25, 0.3) is 0 Å². The number of benzene rings is 1. The van der Waals surface area contributed by atoms with Crippen LogP contribution in [-0.4, -0.2) is 67.4 Å². The van der Waals surface area contributed by atoms with E-state index < -0.39 is 0 Å². The van der Waals surface area contributed by atoms with Crippen LogP contribution in [0.5, 0.6) is 0 Å². The molecule has 1 atom stereocenters. The molecule has 1 unspecified atom stereocenters. The minimum Gasteiger partial charge on any atom is -0.340 e. The Morgan fingerprint density at radius 2 is 1.77 bits per heavy atom. The summed E-state index contributed by atoms with van der Waals surface area (Å²) >= 11 is 0. The van der Waals surface area contributed by atoms with Crippen molar-refractivity contribution >= 4 is 17.5 Å². The Bertz CT molecular complexity index is 649. The van der Waals surface area contributed by atoms with Crippen LogP contribution in [-0.2, 0) is 9.59 Å². The molecule has 2 aliphatic heterocycles. The van der Waals surface area contributed by atoms with Crippen molar-refractivity contribution in [3.8, 4) is 0 Å². The Labute approximate surface area is 154 Å². The van der Waals surface area contributed by atoms with Crippen molar-refractivity contribution in [1.29, 1.82) is 0 Å². The highest BCUT2D eigenvalue weighted by Crippen LogP contribution is 2.59. The lowest BCUT2D eigenvalue weighted by molar-refractivity contribution is -0.135. The molecule has 140 valence electrons. The lowest BCUT2D eigenvalue weighted by atomic mass is 9.91. The van der Waals surface area contributed by atoms with Gasteiger partial charge in [-0.3, -0.25) is 14.5 Å². The number of piperidine rings is 1. The van der Waals surface area contributed by atoms with E-state index in [4.69, 9.17) is 0 Å². The number of carbonyl (C=O) groups excluding carboxylic acids is 2. The summed E-state index contributed by atoms with van der Waals surface area (Å²) < 4.78 is 0. The fourth-order valence-corrected chi connectivity index (χ4v) is 4.45. The van der Waals surface area contributed by atoms with E-state index in [2.05, 4.69) is 15.5 Å². The van der Waals surface area contributed by atoms with Gasteiger partial charge in [0, 0.05) is 37.8 Å².